The van der Waals surface area contributed by atoms with Crippen molar-refractivity contribution in [3.63, 3.8) is 0 Å². The van der Waals surface area contributed by atoms with Crippen LogP contribution >= 0.6 is 11.8 Å². The molecular weight excluding hydrogens is 502 g/mol. The maximum absolute atomic E-state index is 13.2. The number of rotatable bonds is 16. The summed E-state index contributed by atoms with van der Waals surface area (Å²) in [5.74, 6) is -2.70. The lowest BCUT2D eigenvalue weighted by atomic mass is 10.0. The molecule has 3 amide bonds. The third kappa shape index (κ3) is 12.3. The van der Waals surface area contributed by atoms with Crippen molar-refractivity contribution in [1.29, 1.82) is 0 Å². The number of hydrogen-bond acceptors (Lipinski definition) is 8. The van der Waals surface area contributed by atoms with Gasteiger partial charge in [-0.15, -0.1) is 0 Å². The monoisotopic (exact) mass is 539 g/mol. The molecule has 14 heteroatoms. The number of phenols is 1. The first kappa shape index (κ1) is 31.5. The Morgan fingerprint density at radius 1 is 0.946 bits per heavy atom. The highest BCUT2D eigenvalue weighted by atomic mass is 32.2. The molecular formula is C23H37N7O6S. The number of amides is 3. The van der Waals surface area contributed by atoms with Crippen molar-refractivity contribution >= 4 is 41.4 Å². The van der Waals surface area contributed by atoms with E-state index < -0.39 is 47.9 Å². The van der Waals surface area contributed by atoms with Gasteiger partial charge in [-0.05, 0) is 55.9 Å². The van der Waals surface area contributed by atoms with Gasteiger partial charge in [-0.3, -0.25) is 19.4 Å². The molecule has 0 aliphatic carbocycles. The maximum Gasteiger partial charge on any atom is 0.326 e. The number of hydrogen-bond donors (Lipinski definition) is 8. The summed E-state index contributed by atoms with van der Waals surface area (Å²) in [4.78, 5) is 54.0. The van der Waals surface area contributed by atoms with Gasteiger partial charge in [0.1, 0.15) is 23.9 Å². The number of nitrogens with two attached hydrogens (primary N) is 3. The summed E-state index contributed by atoms with van der Waals surface area (Å²) in [6.07, 6.45) is 2.52. The van der Waals surface area contributed by atoms with Crippen LogP contribution in [0.1, 0.15) is 31.7 Å². The first-order valence-electron chi connectivity index (χ1n) is 11.7. The van der Waals surface area contributed by atoms with Gasteiger partial charge in [0.05, 0.1) is 6.04 Å². The van der Waals surface area contributed by atoms with Crippen LogP contribution in [0.3, 0.4) is 0 Å². The molecule has 1 rings (SSSR count). The Hall–Kier alpha value is -3.52. The standard InChI is InChI=1S/C23H37N7O6S/c1-13(24)19(32)28-16(4-3-10-27-23(25)26)20(33)30-18(12-14-5-7-15(31)8-6-14)21(34)29-17(22(35)36)9-11-37-2/h5-8,13,16-18,31H,3-4,9-12,24H2,1-2H3,(H,28,32)(H,29,34)(H,30,33)(H,35,36)(H4,25,26,27). The molecule has 0 aromatic heterocycles. The number of carbonyl (C=O) groups is 4. The van der Waals surface area contributed by atoms with Gasteiger partial charge in [0.25, 0.3) is 0 Å². The van der Waals surface area contributed by atoms with Gasteiger partial charge >= 0.3 is 5.97 Å². The SMILES string of the molecule is CSCCC(NC(=O)C(Cc1ccc(O)cc1)NC(=O)C(CCCN=C(N)N)NC(=O)C(C)N)C(=O)O. The Bertz CT molecular complexity index is 938. The van der Waals surface area contributed by atoms with E-state index in [-0.39, 0.29) is 37.5 Å². The van der Waals surface area contributed by atoms with Crippen LogP contribution in [-0.2, 0) is 25.6 Å². The fourth-order valence-corrected chi connectivity index (χ4v) is 3.66. The van der Waals surface area contributed by atoms with Gasteiger partial charge in [0, 0.05) is 13.0 Å². The Balaban J connectivity index is 3.12. The van der Waals surface area contributed by atoms with Crippen LogP contribution in [0.15, 0.2) is 29.3 Å². The molecule has 0 fully saturated rings. The van der Waals surface area contributed by atoms with Gasteiger partial charge in [-0.25, -0.2) is 4.79 Å². The smallest absolute Gasteiger partial charge is 0.326 e. The van der Waals surface area contributed by atoms with E-state index in [0.717, 1.165) is 0 Å². The molecule has 11 N–H and O–H groups in total. The molecule has 0 bridgehead atoms. The lowest BCUT2D eigenvalue weighted by Gasteiger charge is -2.25. The zero-order chi connectivity index (χ0) is 28.0. The lowest BCUT2D eigenvalue weighted by molar-refractivity contribution is -0.142. The fraction of sp³-hybridized carbons (Fsp3) is 0.522. The van der Waals surface area contributed by atoms with E-state index in [4.69, 9.17) is 17.2 Å². The number of carbonyl (C=O) groups excluding carboxylic acids is 3. The number of thioether (sulfide) groups is 1. The zero-order valence-corrected chi connectivity index (χ0v) is 21.8. The predicted molar refractivity (Wildman–Crippen MR) is 142 cm³/mol. The van der Waals surface area contributed by atoms with Crippen molar-refractivity contribution in [2.45, 2.75) is 56.8 Å². The average molecular weight is 540 g/mol. The largest absolute Gasteiger partial charge is 0.508 e. The highest BCUT2D eigenvalue weighted by Crippen LogP contribution is 2.12. The van der Waals surface area contributed by atoms with Crippen LogP contribution < -0.4 is 33.2 Å². The minimum Gasteiger partial charge on any atom is -0.508 e. The van der Waals surface area contributed by atoms with Crippen LogP contribution in [0.5, 0.6) is 5.75 Å². The molecule has 0 aliphatic heterocycles. The van der Waals surface area contributed by atoms with Crippen LogP contribution in [0.2, 0.25) is 0 Å². The number of phenolic OH excluding ortho intramolecular Hbond substituents is 1. The molecule has 4 atom stereocenters. The van der Waals surface area contributed by atoms with Crippen molar-refractivity contribution in [1.82, 2.24) is 16.0 Å². The molecule has 1 aromatic carbocycles. The number of guanidine groups is 1. The van der Waals surface area contributed by atoms with Crippen LogP contribution in [-0.4, -0.2) is 82.6 Å². The highest BCUT2D eigenvalue weighted by molar-refractivity contribution is 7.98. The number of aromatic hydroxyl groups is 1. The Labute approximate surface area is 220 Å². The minimum absolute atomic E-state index is 0.00861. The first-order chi connectivity index (χ1) is 17.4. The fourth-order valence-electron chi connectivity index (χ4n) is 3.19. The predicted octanol–water partition coefficient (Wildman–Crippen LogP) is -1.37. The molecule has 4 unspecified atom stereocenters. The van der Waals surface area contributed by atoms with E-state index in [9.17, 15) is 29.4 Å². The molecule has 0 aliphatic rings. The molecule has 0 saturated carbocycles. The molecule has 1 aromatic rings. The number of aliphatic imine (C=N–C) groups is 1. The molecule has 13 nitrogen and oxygen atoms in total. The van der Waals surface area contributed by atoms with Crippen LogP contribution in [0.4, 0.5) is 0 Å². The zero-order valence-electron chi connectivity index (χ0n) is 21.0. The summed E-state index contributed by atoms with van der Waals surface area (Å²) in [5.41, 5.74) is 16.9. The Morgan fingerprint density at radius 3 is 2.05 bits per heavy atom. The number of carboxylic acids is 1. The molecule has 206 valence electrons. The second kappa shape index (κ2) is 16.3. The second-order valence-corrected chi connectivity index (χ2v) is 9.40. The van der Waals surface area contributed by atoms with E-state index in [1.165, 1.54) is 30.8 Å². The Morgan fingerprint density at radius 2 is 1.51 bits per heavy atom. The lowest BCUT2D eigenvalue weighted by Crippen LogP contribution is -2.57. The van der Waals surface area contributed by atoms with Gasteiger partial charge < -0.3 is 43.4 Å². The van der Waals surface area contributed by atoms with Crippen molar-refractivity contribution in [3.05, 3.63) is 29.8 Å². The van der Waals surface area contributed by atoms with Gasteiger partial charge in [0.2, 0.25) is 17.7 Å². The summed E-state index contributed by atoms with van der Waals surface area (Å²) in [5, 5.41) is 26.7. The number of aliphatic carboxylic acids is 1. The van der Waals surface area contributed by atoms with Crippen molar-refractivity contribution in [3.8, 4) is 5.75 Å². The van der Waals surface area contributed by atoms with E-state index in [2.05, 4.69) is 20.9 Å². The molecule has 0 spiro atoms. The van der Waals surface area contributed by atoms with Crippen molar-refractivity contribution in [2.75, 3.05) is 18.6 Å². The first-order valence-corrected chi connectivity index (χ1v) is 13.1. The average Bonchev–Trinajstić information content (AvgIpc) is 2.83. The number of carboxylic acid groups (broad SMARTS) is 1. The molecule has 37 heavy (non-hydrogen) atoms. The normalized spacial score (nSPS) is 13.9. The van der Waals surface area contributed by atoms with Gasteiger partial charge in [0.15, 0.2) is 5.96 Å². The van der Waals surface area contributed by atoms with E-state index in [1.54, 1.807) is 12.1 Å². The summed E-state index contributed by atoms with van der Waals surface area (Å²) in [7, 11) is 0. The quantitative estimate of drug-likeness (QED) is 0.0696. The summed E-state index contributed by atoms with van der Waals surface area (Å²) in [6, 6.07) is 1.78. The van der Waals surface area contributed by atoms with Crippen molar-refractivity contribution < 1.29 is 29.4 Å². The molecule has 0 saturated heterocycles. The van der Waals surface area contributed by atoms with Crippen molar-refractivity contribution in [2.24, 2.45) is 22.2 Å². The number of nitrogens with one attached hydrogen (secondary N) is 3. The van der Waals surface area contributed by atoms with E-state index >= 15 is 0 Å². The number of nitrogens with zero attached hydrogens (tertiary/aromatic N) is 1. The number of benzene rings is 1. The Kier molecular flexibility index (Phi) is 13.9. The summed E-state index contributed by atoms with van der Waals surface area (Å²) >= 11 is 1.44. The van der Waals surface area contributed by atoms with Crippen LogP contribution in [0.25, 0.3) is 0 Å². The third-order valence-corrected chi connectivity index (χ3v) is 5.87. The minimum atomic E-state index is -1.20. The summed E-state index contributed by atoms with van der Waals surface area (Å²) < 4.78 is 0. The van der Waals surface area contributed by atoms with Gasteiger partial charge in [-0.2, -0.15) is 11.8 Å². The summed E-state index contributed by atoms with van der Waals surface area (Å²) in [6.45, 7) is 1.68. The molecule has 0 radical (unpaired) electrons. The van der Waals surface area contributed by atoms with Gasteiger partial charge in [-0.1, -0.05) is 12.1 Å². The second-order valence-electron chi connectivity index (χ2n) is 8.41. The van der Waals surface area contributed by atoms with E-state index in [0.29, 0.717) is 17.7 Å². The van der Waals surface area contributed by atoms with Crippen LogP contribution in [0, 0.1) is 0 Å². The third-order valence-electron chi connectivity index (χ3n) is 5.23. The molecule has 0 heterocycles. The highest BCUT2D eigenvalue weighted by Gasteiger charge is 2.30. The maximum atomic E-state index is 13.2. The van der Waals surface area contributed by atoms with E-state index in [1.807, 2.05) is 6.26 Å². The topological polar surface area (TPSA) is 235 Å².